The second kappa shape index (κ2) is 13.5. The smallest absolute Gasteiger partial charge is 0.480 e. The summed E-state index contributed by atoms with van der Waals surface area (Å²) >= 11 is 0. The van der Waals surface area contributed by atoms with E-state index in [-0.39, 0.29) is 5.75 Å². The number of para-hydroxylation sites is 2. The van der Waals surface area contributed by atoms with Crippen molar-refractivity contribution in [3.63, 3.8) is 0 Å². The van der Waals surface area contributed by atoms with Gasteiger partial charge in [0.15, 0.2) is 0 Å². The number of pyridine rings is 1. The predicted molar refractivity (Wildman–Crippen MR) is 158 cm³/mol. The number of nitrogens with one attached hydrogen (secondary N) is 2. The van der Waals surface area contributed by atoms with E-state index in [4.69, 9.17) is 19.5 Å². The van der Waals surface area contributed by atoms with Crippen LogP contribution in [0.4, 0.5) is 24.5 Å². The van der Waals surface area contributed by atoms with Gasteiger partial charge in [-0.25, -0.2) is 9.97 Å². The van der Waals surface area contributed by atoms with Crippen LogP contribution in [0.2, 0.25) is 0 Å². The zero-order valence-corrected chi connectivity index (χ0v) is 23.7. The van der Waals surface area contributed by atoms with Crippen molar-refractivity contribution >= 4 is 22.4 Å². The number of ether oxygens (including phenoxy) is 3. The SMILES string of the molecule is CCOCCNCCN=c1cc2n(-c3ccc(OC(F)(F)F)cc3)c3ccccc3nc-2cc1Nc1cccnc1OC. The van der Waals surface area contributed by atoms with Crippen molar-refractivity contribution in [3.05, 3.63) is 84.4 Å². The third kappa shape index (κ3) is 7.40. The molecule has 1 aromatic heterocycles. The number of nitrogens with zero attached hydrogens (tertiary/aromatic N) is 4. The van der Waals surface area contributed by atoms with Crippen molar-refractivity contribution in [1.29, 1.82) is 0 Å². The van der Waals surface area contributed by atoms with Crippen LogP contribution in [0, 0.1) is 0 Å². The summed E-state index contributed by atoms with van der Waals surface area (Å²) in [5.74, 6) is 0.123. The second-order valence-corrected chi connectivity index (χ2v) is 9.35. The van der Waals surface area contributed by atoms with Gasteiger partial charge in [-0.1, -0.05) is 12.1 Å². The number of rotatable bonds is 12. The first kappa shape index (κ1) is 29.8. The molecule has 0 fully saturated rings. The fourth-order valence-electron chi connectivity index (χ4n) is 4.61. The van der Waals surface area contributed by atoms with Gasteiger partial charge in [0.05, 0.1) is 53.7 Å². The number of alkyl halides is 3. The minimum Gasteiger partial charge on any atom is -0.480 e. The average molecular weight is 593 g/mol. The van der Waals surface area contributed by atoms with Crippen LogP contribution in [0.15, 0.2) is 84.0 Å². The number of halogens is 3. The molecule has 0 radical (unpaired) electrons. The fourth-order valence-corrected chi connectivity index (χ4v) is 4.61. The molecule has 0 saturated carbocycles. The minimum atomic E-state index is -4.78. The number of anilines is 2. The molecule has 0 amide bonds. The number of fused-ring (bicyclic) bond motifs is 2. The van der Waals surface area contributed by atoms with E-state index in [9.17, 15) is 13.2 Å². The van der Waals surface area contributed by atoms with Crippen LogP contribution >= 0.6 is 0 Å². The molecule has 224 valence electrons. The molecule has 2 N–H and O–H groups in total. The Morgan fingerprint density at radius 3 is 2.53 bits per heavy atom. The fraction of sp³-hybridized carbons (Fsp3) is 0.258. The van der Waals surface area contributed by atoms with Gasteiger partial charge in [0.25, 0.3) is 0 Å². The van der Waals surface area contributed by atoms with Gasteiger partial charge in [-0.2, -0.15) is 0 Å². The molecule has 12 heteroatoms. The van der Waals surface area contributed by atoms with Crippen LogP contribution in [0.3, 0.4) is 0 Å². The van der Waals surface area contributed by atoms with E-state index < -0.39 is 6.36 Å². The molecular weight excluding hydrogens is 561 g/mol. The minimum absolute atomic E-state index is 0.302. The van der Waals surface area contributed by atoms with Gasteiger partial charge in [-0.15, -0.1) is 13.2 Å². The molecule has 9 nitrogen and oxygen atoms in total. The Bertz CT molecular complexity index is 1710. The molecule has 1 aliphatic carbocycles. The molecule has 1 aliphatic heterocycles. The van der Waals surface area contributed by atoms with Crippen molar-refractivity contribution in [2.24, 2.45) is 4.99 Å². The van der Waals surface area contributed by atoms with Crippen LogP contribution in [0.5, 0.6) is 11.6 Å². The molecule has 0 atom stereocenters. The topological polar surface area (TPSA) is 94.8 Å². The molecule has 2 aromatic carbocycles. The second-order valence-electron chi connectivity index (χ2n) is 9.35. The highest BCUT2D eigenvalue weighted by Gasteiger charge is 2.31. The molecule has 2 aliphatic rings. The van der Waals surface area contributed by atoms with E-state index in [2.05, 4.69) is 20.4 Å². The van der Waals surface area contributed by atoms with Gasteiger partial charge >= 0.3 is 6.36 Å². The van der Waals surface area contributed by atoms with E-state index in [1.54, 1.807) is 31.5 Å². The van der Waals surface area contributed by atoms with E-state index in [0.29, 0.717) is 72.4 Å². The normalized spacial score (nSPS) is 12.2. The van der Waals surface area contributed by atoms with Crippen LogP contribution in [0.1, 0.15) is 6.92 Å². The van der Waals surface area contributed by atoms with Crippen molar-refractivity contribution in [2.45, 2.75) is 13.3 Å². The largest absolute Gasteiger partial charge is 0.573 e. The predicted octanol–water partition coefficient (Wildman–Crippen LogP) is 5.70. The zero-order valence-electron chi connectivity index (χ0n) is 23.7. The lowest BCUT2D eigenvalue weighted by atomic mass is 10.1. The highest BCUT2D eigenvalue weighted by molar-refractivity contribution is 5.84. The number of aromatic nitrogens is 3. The Hall–Kier alpha value is -4.68. The molecule has 3 aromatic rings. The van der Waals surface area contributed by atoms with Crippen LogP contribution in [-0.2, 0) is 4.74 Å². The van der Waals surface area contributed by atoms with Gasteiger partial charge < -0.3 is 29.4 Å². The Morgan fingerprint density at radius 1 is 0.953 bits per heavy atom. The molecule has 0 saturated heterocycles. The van der Waals surface area contributed by atoms with Gasteiger partial charge in [0.1, 0.15) is 11.4 Å². The third-order valence-electron chi connectivity index (χ3n) is 6.46. The Morgan fingerprint density at radius 2 is 1.77 bits per heavy atom. The van der Waals surface area contributed by atoms with Gasteiger partial charge in [-0.05, 0) is 67.6 Å². The lowest BCUT2D eigenvalue weighted by Crippen LogP contribution is -2.24. The standard InChI is InChI=1S/C31H31F3N6O3/c1-3-42-18-17-35-15-16-36-25-20-29-27(19-26(25)39-24-8-6-14-37-30(24)41-2)38-23-7-4-5-9-28(23)40(29)21-10-12-22(13-11-21)43-31(32,33)34/h4-14,19-20,35,39H,3,15-18H2,1-2H3. The summed E-state index contributed by atoms with van der Waals surface area (Å²) in [6.45, 7) is 5.07. The van der Waals surface area contributed by atoms with Gasteiger partial charge in [0.2, 0.25) is 5.88 Å². The summed E-state index contributed by atoms with van der Waals surface area (Å²) < 4.78 is 55.3. The summed E-state index contributed by atoms with van der Waals surface area (Å²) in [6, 6.07) is 20.8. The average Bonchev–Trinajstić information content (AvgIpc) is 2.99. The van der Waals surface area contributed by atoms with Crippen LogP contribution < -0.4 is 25.5 Å². The summed E-state index contributed by atoms with van der Waals surface area (Å²) in [4.78, 5) is 14.1. The molecular formula is C31H31F3N6O3. The van der Waals surface area contributed by atoms with Crippen molar-refractivity contribution in [2.75, 3.05) is 45.3 Å². The van der Waals surface area contributed by atoms with Crippen molar-refractivity contribution in [1.82, 2.24) is 19.9 Å². The van der Waals surface area contributed by atoms with E-state index in [1.165, 1.54) is 12.1 Å². The highest BCUT2D eigenvalue weighted by atomic mass is 19.4. The molecule has 0 bridgehead atoms. The van der Waals surface area contributed by atoms with E-state index in [0.717, 1.165) is 11.2 Å². The zero-order chi connectivity index (χ0) is 30.2. The van der Waals surface area contributed by atoms with Crippen molar-refractivity contribution in [3.8, 4) is 28.7 Å². The first-order valence-electron chi connectivity index (χ1n) is 13.7. The van der Waals surface area contributed by atoms with Gasteiger partial charge in [-0.3, -0.25) is 4.99 Å². The van der Waals surface area contributed by atoms with Crippen LogP contribution in [-0.4, -0.2) is 60.9 Å². The summed E-state index contributed by atoms with van der Waals surface area (Å²) in [5.41, 5.74) is 4.83. The lowest BCUT2D eigenvalue weighted by Gasteiger charge is -2.21. The maximum atomic E-state index is 12.8. The lowest BCUT2D eigenvalue weighted by molar-refractivity contribution is -0.274. The quantitative estimate of drug-likeness (QED) is 0.142. The number of hydrogen-bond acceptors (Lipinski definition) is 8. The van der Waals surface area contributed by atoms with Gasteiger partial charge in [0, 0.05) is 31.6 Å². The summed E-state index contributed by atoms with van der Waals surface area (Å²) in [5, 5.41) is 7.37. The number of benzene rings is 3. The van der Waals surface area contributed by atoms with E-state index >= 15 is 0 Å². The molecule has 0 unspecified atom stereocenters. The van der Waals surface area contributed by atoms with Crippen molar-refractivity contribution < 1.29 is 27.4 Å². The third-order valence-corrected chi connectivity index (χ3v) is 6.46. The monoisotopic (exact) mass is 592 g/mol. The molecule has 0 spiro atoms. The summed E-state index contributed by atoms with van der Waals surface area (Å²) in [7, 11) is 1.55. The molecule has 5 rings (SSSR count). The number of hydrogen-bond donors (Lipinski definition) is 2. The Kier molecular flexibility index (Phi) is 9.38. The number of methoxy groups -OCH3 is 1. The first-order valence-corrected chi connectivity index (χ1v) is 13.7. The molecule has 43 heavy (non-hydrogen) atoms. The van der Waals surface area contributed by atoms with E-state index in [1.807, 2.05) is 54.0 Å². The maximum absolute atomic E-state index is 12.8. The highest BCUT2D eigenvalue weighted by Crippen LogP contribution is 2.32. The summed E-state index contributed by atoms with van der Waals surface area (Å²) in [6.07, 6.45) is -3.13. The maximum Gasteiger partial charge on any atom is 0.573 e. The van der Waals surface area contributed by atoms with Crippen LogP contribution in [0.25, 0.3) is 28.1 Å². The Labute approximate surface area is 246 Å². The molecule has 2 heterocycles. The Balaban J connectivity index is 1.63. The first-order chi connectivity index (χ1) is 20.9.